The highest BCUT2D eigenvalue weighted by Crippen LogP contribution is 2.34. The Labute approximate surface area is 114 Å². The number of carbonyl (C=O) groups is 1. The van der Waals surface area contributed by atoms with Crippen molar-refractivity contribution >= 4 is 49.6 Å². The van der Waals surface area contributed by atoms with Crippen molar-refractivity contribution < 1.29 is 14.7 Å². The Morgan fingerprint density at radius 2 is 1.94 bits per heavy atom. The molecule has 4 nitrogen and oxygen atoms in total. The summed E-state index contributed by atoms with van der Waals surface area (Å²) in [5.74, 6) is -0.352. The van der Waals surface area contributed by atoms with Gasteiger partial charge < -0.3 is 9.94 Å². The highest BCUT2D eigenvalue weighted by Gasteiger charge is 2.21. The molecule has 88 valence electrons. The highest BCUT2D eigenvalue weighted by molar-refractivity contribution is 9.11. The highest BCUT2D eigenvalue weighted by atomic mass is 79.9. The summed E-state index contributed by atoms with van der Waals surface area (Å²) in [7, 11) is 0. The summed E-state index contributed by atoms with van der Waals surface area (Å²) in [5.41, 5.74) is 1.70. The molecule has 1 aromatic carbocycles. The Morgan fingerprint density at radius 3 is 2.41 bits per heavy atom. The number of phenols is 1. The molecule has 0 atom stereocenters. The van der Waals surface area contributed by atoms with E-state index in [1.54, 1.807) is 25.1 Å². The molecule has 0 amide bonds. The van der Waals surface area contributed by atoms with Crippen LogP contribution in [0.1, 0.15) is 12.5 Å². The fourth-order valence-electron chi connectivity index (χ4n) is 1.35. The SMILES string of the molecule is CC1=NOC(=O)/C1=C/c1cc(Br)c(O)c(Br)c1. The van der Waals surface area contributed by atoms with Gasteiger partial charge >= 0.3 is 5.97 Å². The van der Waals surface area contributed by atoms with Gasteiger partial charge in [-0.3, -0.25) is 0 Å². The molecule has 1 heterocycles. The third-order valence-corrected chi connectivity index (χ3v) is 3.43. The lowest BCUT2D eigenvalue weighted by Gasteiger charge is -2.02. The molecular formula is C11H7Br2NO3. The van der Waals surface area contributed by atoms with Gasteiger partial charge in [-0.1, -0.05) is 5.16 Å². The fourth-order valence-corrected chi connectivity index (χ4v) is 2.58. The summed E-state index contributed by atoms with van der Waals surface area (Å²) in [4.78, 5) is 15.9. The van der Waals surface area contributed by atoms with Crippen LogP contribution in [-0.4, -0.2) is 16.8 Å². The molecule has 0 saturated carbocycles. The van der Waals surface area contributed by atoms with E-state index in [1.807, 2.05) is 0 Å². The van der Waals surface area contributed by atoms with E-state index in [0.29, 0.717) is 20.2 Å². The minimum atomic E-state index is -0.470. The van der Waals surface area contributed by atoms with Gasteiger partial charge in [-0.05, 0) is 62.6 Å². The first kappa shape index (κ1) is 12.3. The summed E-state index contributed by atoms with van der Waals surface area (Å²) in [6.45, 7) is 1.70. The molecule has 6 heteroatoms. The van der Waals surface area contributed by atoms with Gasteiger partial charge in [0, 0.05) is 0 Å². The molecule has 0 fully saturated rings. The number of rotatable bonds is 1. The number of halogens is 2. The summed E-state index contributed by atoms with van der Waals surface area (Å²) >= 11 is 6.44. The maximum absolute atomic E-state index is 11.3. The summed E-state index contributed by atoms with van der Waals surface area (Å²) in [5, 5.41) is 13.1. The van der Waals surface area contributed by atoms with Crippen molar-refractivity contribution in [2.24, 2.45) is 5.16 Å². The van der Waals surface area contributed by atoms with Crippen LogP contribution in [-0.2, 0) is 9.63 Å². The number of aromatic hydroxyl groups is 1. The van der Waals surface area contributed by atoms with E-state index in [-0.39, 0.29) is 5.75 Å². The zero-order valence-electron chi connectivity index (χ0n) is 8.70. The number of benzene rings is 1. The van der Waals surface area contributed by atoms with Gasteiger partial charge in [0.25, 0.3) is 0 Å². The first-order chi connectivity index (χ1) is 7.99. The molecular weight excluding hydrogens is 354 g/mol. The van der Waals surface area contributed by atoms with E-state index >= 15 is 0 Å². The molecule has 0 unspecified atom stereocenters. The lowest BCUT2D eigenvalue weighted by molar-refractivity contribution is -0.136. The molecule has 0 bridgehead atoms. The Hall–Kier alpha value is -1.14. The monoisotopic (exact) mass is 359 g/mol. The van der Waals surface area contributed by atoms with Gasteiger partial charge in [-0.15, -0.1) is 0 Å². The van der Waals surface area contributed by atoms with Crippen molar-refractivity contribution in [2.45, 2.75) is 6.92 Å². The van der Waals surface area contributed by atoms with Crippen LogP contribution in [0.3, 0.4) is 0 Å². The minimum Gasteiger partial charge on any atom is -0.506 e. The maximum Gasteiger partial charge on any atom is 0.367 e. The predicted molar refractivity (Wildman–Crippen MR) is 70.7 cm³/mol. The first-order valence-corrected chi connectivity index (χ1v) is 6.23. The van der Waals surface area contributed by atoms with Crippen molar-refractivity contribution in [3.63, 3.8) is 0 Å². The molecule has 1 N–H and O–H groups in total. The van der Waals surface area contributed by atoms with Gasteiger partial charge in [-0.25, -0.2) is 4.79 Å². The standard InChI is InChI=1S/C11H7Br2NO3/c1-5-7(11(16)17-14-5)2-6-3-8(12)10(15)9(13)4-6/h2-4,15H,1H3/b7-2+. The zero-order chi connectivity index (χ0) is 12.6. The molecule has 1 aromatic rings. The molecule has 0 saturated heterocycles. The molecule has 2 rings (SSSR count). The van der Waals surface area contributed by atoms with Crippen LogP contribution in [0, 0.1) is 0 Å². The molecule has 1 aliphatic rings. The van der Waals surface area contributed by atoms with Crippen molar-refractivity contribution in [2.75, 3.05) is 0 Å². The van der Waals surface area contributed by atoms with E-state index in [4.69, 9.17) is 0 Å². The second-order valence-corrected chi connectivity index (χ2v) is 5.16. The Bertz CT molecular complexity index is 541. The number of oxime groups is 1. The summed E-state index contributed by atoms with van der Waals surface area (Å²) < 4.78 is 1.08. The van der Waals surface area contributed by atoms with Crippen LogP contribution in [0.25, 0.3) is 6.08 Å². The molecule has 0 radical (unpaired) electrons. The van der Waals surface area contributed by atoms with E-state index in [0.717, 1.165) is 5.56 Å². The molecule has 1 aliphatic heterocycles. The number of hydrogen-bond acceptors (Lipinski definition) is 4. The quantitative estimate of drug-likeness (QED) is 0.617. The number of nitrogens with zero attached hydrogens (tertiary/aromatic N) is 1. The average molecular weight is 361 g/mol. The van der Waals surface area contributed by atoms with Crippen molar-refractivity contribution in [1.82, 2.24) is 0 Å². The number of phenolic OH excluding ortho intramolecular Hbond substituents is 1. The van der Waals surface area contributed by atoms with E-state index in [9.17, 15) is 9.90 Å². The van der Waals surface area contributed by atoms with Crippen LogP contribution in [0.4, 0.5) is 0 Å². The average Bonchev–Trinajstić information content (AvgIpc) is 2.57. The fraction of sp³-hybridized carbons (Fsp3) is 0.0909. The normalized spacial score (nSPS) is 17.2. The third-order valence-electron chi connectivity index (χ3n) is 2.23. The third kappa shape index (κ3) is 2.42. The number of carbonyl (C=O) groups excluding carboxylic acids is 1. The summed E-state index contributed by atoms with van der Waals surface area (Å²) in [6, 6.07) is 3.40. The van der Waals surface area contributed by atoms with Crippen molar-refractivity contribution in [3.8, 4) is 5.75 Å². The molecule has 17 heavy (non-hydrogen) atoms. The van der Waals surface area contributed by atoms with Gasteiger partial charge in [0.2, 0.25) is 0 Å². The molecule has 0 spiro atoms. The topological polar surface area (TPSA) is 58.9 Å². The van der Waals surface area contributed by atoms with Gasteiger partial charge in [0.15, 0.2) is 0 Å². The Morgan fingerprint density at radius 1 is 1.35 bits per heavy atom. The lowest BCUT2D eigenvalue weighted by atomic mass is 10.1. The zero-order valence-corrected chi connectivity index (χ0v) is 11.9. The van der Waals surface area contributed by atoms with Gasteiger partial charge in [0.1, 0.15) is 5.75 Å². The number of hydrogen-bond donors (Lipinski definition) is 1. The minimum absolute atomic E-state index is 0.117. The van der Waals surface area contributed by atoms with Gasteiger partial charge in [0.05, 0.1) is 20.2 Å². The van der Waals surface area contributed by atoms with Crippen LogP contribution in [0.2, 0.25) is 0 Å². The van der Waals surface area contributed by atoms with Crippen LogP contribution >= 0.6 is 31.9 Å². The lowest BCUT2D eigenvalue weighted by Crippen LogP contribution is -2.01. The van der Waals surface area contributed by atoms with Crippen LogP contribution < -0.4 is 0 Å². The van der Waals surface area contributed by atoms with Crippen molar-refractivity contribution in [1.29, 1.82) is 0 Å². The van der Waals surface area contributed by atoms with Crippen molar-refractivity contribution in [3.05, 3.63) is 32.2 Å². The molecule has 0 aromatic heterocycles. The smallest absolute Gasteiger partial charge is 0.367 e. The Kier molecular flexibility index (Phi) is 3.35. The van der Waals surface area contributed by atoms with E-state index in [1.165, 1.54) is 0 Å². The predicted octanol–water partition coefficient (Wildman–Crippen LogP) is 3.23. The second kappa shape index (κ2) is 4.62. The second-order valence-electron chi connectivity index (χ2n) is 3.45. The van der Waals surface area contributed by atoms with Gasteiger partial charge in [-0.2, -0.15) is 0 Å². The largest absolute Gasteiger partial charge is 0.506 e. The van der Waals surface area contributed by atoms with E-state index in [2.05, 4.69) is 41.9 Å². The maximum atomic E-state index is 11.3. The van der Waals surface area contributed by atoms with Crippen LogP contribution in [0.5, 0.6) is 5.75 Å². The Balaban J connectivity index is 2.46. The summed E-state index contributed by atoms with van der Waals surface area (Å²) in [6.07, 6.45) is 1.66. The first-order valence-electron chi connectivity index (χ1n) is 4.65. The van der Waals surface area contributed by atoms with Crippen LogP contribution in [0.15, 0.2) is 31.8 Å². The van der Waals surface area contributed by atoms with E-state index < -0.39 is 5.97 Å². The molecule has 0 aliphatic carbocycles.